The molecular formula is C19H17Br2ClN2OS2. The van der Waals surface area contributed by atoms with Gasteiger partial charge in [0.25, 0.3) is 0 Å². The Hall–Kier alpha value is -0.570. The Morgan fingerprint density at radius 2 is 1.44 bits per heavy atom. The minimum absolute atomic E-state index is 0.595. The SMILES string of the molecule is C1CCOC1.Cc1nc2ccc(Br)cc2s1.Clc1nc2ccc(Br)cc2s1. The Kier molecular flexibility index (Phi) is 8.05. The van der Waals surface area contributed by atoms with Gasteiger partial charge in [-0.05, 0) is 56.2 Å². The maximum atomic E-state index is 5.73. The Morgan fingerprint density at radius 3 is 2.00 bits per heavy atom. The number of aromatic nitrogens is 2. The summed E-state index contributed by atoms with van der Waals surface area (Å²) in [6.45, 7) is 4.03. The van der Waals surface area contributed by atoms with Crippen LogP contribution in [0.1, 0.15) is 17.8 Å². The van der Waals surface area contributed by atoms with E-state index in [2.05, 4.69) is 47.9 Å². The number of hydrogen-bond donors (Lipinski definition) is 0. The smallest absolute Gasteiger partial charge is 0.184 e. The molecule has 0 unspecified atom stereocenters. The van der Waals surface area contributed by atoms with Crippen LogP contribution in [0.2, 0.25) is 4.47 Å². The number of nitrogens with zero attached hydrogens (tertiary/aromatic N) is 2. The van der Waals surface area contributed by atoms with Gasteiger partial charge in [-0.2, -0.15) is 0 Å². The molecule has 5 rings (SSSR count). The van der Waals surface area contributed by atoms with Crippen molar-refractivity contribution in [3.8, 4) is 0 Å². The van der Waals surface area contributed by atoms with E-state index >= 15 is 0 Å². The van der Waals surface area contributed by atoms with Crippen molar-refractivity contribution in [3.63, 3.8) is 0 Å². The van der Waals surface area contributed by atoms with E-state index in [-0.39, 0.29) is 0 Å². The Balaban J connectivity index is 0.000000125. The lowest BCUT2D eigenvalue weighted by Gasteiger charge is -1.86. The van der Waals surface area contributed by atoms with Gasteiger partial charge in [0, 0.05) is 22.2 Å². The van der Waals surface area contributed by atoms with Crippen LogP contribution in [0.25, 0.3) is 20.4 Å². The van der Waals surface area contributed by atoms with Gasteiger partial charge in [0.15, 0.2) is 4.47 Å². The molecule has 0 amide bonds. The first-order chi connectivity index (χ1) is 13.0. The van der Waals surface area contributed by atoms with Crippen LogP contribution in [-0.2, 0) is 4.74 Å². The summed E-state index contributed by atoms with van der Waals surface area (Å²) in [6, 6.07) is 12.1. The number of rotatable bonds is 0. The molecule has 1 aliphatic heterocycles. The van der Waals surface area contributed by atoms with E-state index in [9.17, 15) is 0 Å². The Morgan fingerprint density at radius 1 is 0.889 bits per heavy atom. The van der Waals surface area contributed by atoms with Crippen molar-refractivity contribution in [1.29, 1.82) is 0 Å². The predicted molar refractivity (Wildman–Crippen MR) is 124 cm³/mol. The summed E-state index contributed by atoms with van der Waals surface area (Å²) in [5.41, 5.74) is 2.05. The summed E-state index contributed by atoms with van der Waals surface area (Å²) in [6.07, 6.45) is 2.56. The van der Waals surface area contributed by atoms with Gasteiger partial charge in [0.2, 0.25) is 0 Å². The molecule has 0 bridgehead atoms. The van der Waals surface area contributed by atoms with Crippen LogP contribution < -0.4 is 0 Å². The van der Waals surface area contributed by atoms with Gasteiger partial charge in [-0.15, -0.1) is 22.7 Å². The molecule has 1 fully saturated rings. The molecule has 0 aliphatic carbocycles. The van der Waals surface area contributed by atoms with Crippen molar-refractivity contribution >= 4 is 86.6 Å². The van der Waals surface area contributed by atoms with Crippen molar-refractivity contribution < 1.29 is 4.74 Å². The van der Waals surface area contributed by atoms with Crippen LogP contribution in [0, 0.1) is 6.92 Å². The number of fused-ring (bicyclic) bond motifs is 2. The lowest BCUT2D eigenvalue weighted by atomic mass is 10.3. The van der Waals surface area contributed by atoms with Gasteiger partial charge in [-0.3, -0.25) is 0 Å². The lowest BCUT2D eigenvalue weighted by Crippen LogP contribution is -1.74. The summed E-state index contributed by atoms with van der Waals surface area (Å²) < 4.78 is 10.1. The van der Waals surface area contributed by atoms with E-state index in [0.29, 0.717) is 4.47 Å². The molecule has 142 valence electrons. The van der Waals surface area contributed by atoms with E-state index in [1.807, 2.05) is 37.3 Å². The molecule has 3 heterocycles. The first-order valence-electron chi connectivity index (χ1n) is 8.33. The fraction of sp³-hybridized carbons (Fsp3) is 0.263. The second-order valence-electron chi connectivity index (χ2n) is 5.74. The number of hydrogen-bond acceptors (Lipinski definition) is 5. The number of benzene rings is 2. The third-order valence-electron chi connectivity index (χ3n) is 3.61. The van der Waals surface area contributed by atoms with E-state index in [0.717, 1.165) is 42.9 Å². The molecule has 0 N–H and O–H groups in total. The first-order valence-corrected chi connectivity index (χ1v) is 11.9. The topological polar surface area (TPSA) is 35.0 Å². The van der Waals surface area contributed by atoms with Crippen LogP contribution in [-0.4, -0.2) is 23.2 Å². The van der Waals surface area contributed by atoms with Crippen LogP contribution in [0.15, 0.2) is 45.3 Å². The summed E-state index contributed by atoms with van der Waals surface area (Å²) in [5, 5.41) is 1.12. The molecule has 0 atom stereocenters. The molecule has 2 aromatic carbocycles. The highest BCUT2D eigenvalue weighted by molar-refractivity contribution is 9.10. The highest BCUT2D eigenvalue weighted by atomic mass is 79.9. The van der Waals surface area contributed by atoms with Crippen molar-refractivity contribution in [2.75, 3.05) is 13.2 Å². The van der Waals surface area contributed by atoms with E-state index in [1.54, 1.807) is 11.3 Å². The van der Waals surface area contributed by atoms with Gasteiger partial charge in [0.05, 0.1) is 25.4 Å². The minimum atomic E-state index is 0.595. The fourth-order valence-corrected chi connectivity index (χ4v) is 5.36. The summed E-state index contributed by atoms with van der Waals surface area (Å²) in [4.78, 5) is 8.47. The van der Waals surface area contributed by atoms with Gasteiger partial charge in [0.1, 0.15) is 0 Å². The zero-order chi connectivity index (χ0) is 19.2. The van der Waals surface area contributed by atoms with Gasteiger partial charge in [-0.1, -0.05) is 43.5 Å². The van der Waals surface area contributed by atoms with E-state index < -0.39 is 0 Å². The summed E-state index contributed by atoms with van der Waals surface area (Å²) >= 11 is 15.7. The number of ether oxygens (including phenoxy) is 1. The van der Waals surface area contributed by atoms with Crippen LogP contribution in [0.3, 0.4) is 0 Å². The Bertz CT molecular complexity index is 945. The maximum absolute atomic E-state index is 5.73. The van der Waals surface area contributed by atoms with Crippen LogP contribution >= 0.6 is 66.1 Å². The number of aryl methyl sites for hydroxylation is 1. The molecule has 1 aliphatic rings. The van der Waals surface area contributed by atoms with Crippen molar-refractivity contribution in [1.82, 2.24) is 9.97 Å². The zero-order valence-corrected chi connectivity index (χ0v) is 20.1. The second-order valence-corrected chi connectivity index (χ2v) is 10.4. The van der Waals surface area contributed by atoms with Gasteiger partial charge >= 0.3 is 0 Å². The van der Waals surface area contributed by atoms with Crippen LogP contribution in [0.5, 0.6) is 0 Å². The molecule has 0 spiro atoms. The normalized spacial score (nSPS) is 13.2. The van der Waals surface area contributed by atoms with Gasteiger partial charge < -0.3 is 4.74 Å². The van der Waals surface area contributed by atoms with E-state index in [4.69, 9.17) is 16.3 Å². The van der Waals surface area contributed by atoms with Crippen molar-refractivity contribution in [2.45, 2.75) is 19.8 Å². The van der Waals surface area contributed by atoms with Gasteiger partial charge in [-0.25, -0.2) is 9.97 Å². The average Bonchev–Trinajstić information content (AvgIpc) is 3.35. The quantitative estimate of drug-likeness (QED) is 0.224. The largest absolute Gasteiger partial charge is 0.381 e. The van der Waals surface area contributed by atoms with Crippen molar-refractivity contribution in [3.05, 3.63) is 54.8 Å². The standard InChI is InChI=1S/C8H6BrNS.C7H3BrClNS.C4H8O/c1-5-10-7-3-2-6(9)4-8(7)11-5;8-4-1-2-5-6(3-4)11-7(9)10-5;1-2-4-5-3-1/h2-4H,1H3;1-3H;1-4H2. The summed E-state index contributed by atoms with van der Waals surface area (Å²) in [7, 11) is 0. The zero-order valence-electron chi connectivity index (χ0n) is 14.5. The molecular weight excluding hydrogens is 532 g/mol. The maximum Gasteiger partial charge on any atom is 0.184 e. The minimum Gasteiger partial charge on any atom is -0.381 e. The molecule has 0 radical (unpaired) electrons. The molecule has 2 aromatic heterocycles. The molecule has 1 saturated heterocycles. The molecule has 4 aromatic rings. The average molecular weight is 549 g/mol. The third kappa shape index (κ3) is 6.48. The predicted octanol–water partition coefficient (Wildman–Crippen LogP) is 7.88. The Labute approximate surface area is 188 Å². The molecule has 3 nitrogen and oxygen atoms in total. The number of halogens is 3. The van der Waals surface area contributed by atoms with Crippen molar-refractivity contribution in [2.24, 2.45) is 0 Å². The molecule has 27 heavy (non-hydrogen) atoms. The number of thiazole rings is 2. The monoisotopic (exact) mass is 546 g/mol. The van der Waals surface area contributed by atoms with E-state index in [1.165, 1.54) is 28.9 Å². The fourth-order valence-electron chi connectivity index (χ4n) is 2.39. The molecule has 0 saturated carbocycles. The lowest BCUT2D eigenvalue weighted by molar-refractivity contribution is 0.198. The highest BCUT2D eigenvalue weighted by Crippen LogP contribution is 2.28. The van der Waals surface area contributed by atoms with Crippen LogP contribution in [0.4, 0.5) is 0 Å². The molecule has 8 heteroatoms. The first kappa shape index (κ1) is 21.1. The summed E-state index contributed by atoms with van der Waals surface area (Å²) in [5.74, 6) is 0. The highest BCUT2D eigenvalue weighted by Gasteiger charge is 2.00. The third-order valence-corrected chi connectivity index (χ3v) is 6.65. The second kappa shape index (κ2) is 10.3.